The molecule has 1 aromatic carbocycles. The van der Waals surface area contributed by atoms with E-state index in [1.807, 2.05) is 0 Å². The first-order valence-corrected chi connectivity index (χ1v) is 11.1. The number of halogens is 9. The molecule has 1 fully saturated rings. The van der Waals surface area contributed by atoms with Gasteiger partial charge in [-0.3, -0.25) is 9.79 Å². The van der Waals surface area contributed by atoms with Gasteiger partial charge >= 0.3 is 18.3 Å². The van der Waals surface area contributed by atoms with Gasteiger partial charge in [-0.2, -0.15) is 45.3 Å². The minimum atomic E-state index is -6.32. The van der Waals surface area contributed by atoms with Gasteiger partial charge < -0.3 is 5.32 Å². The van der Waals surface area contributed by atoms with Crippen LogP contribution in [-0.2, 0) is 19.1 Å². The largest absolute Gasteiger partial charge is 0.459 e. The second-order valence-corrected chi connectivity index (χ2v) is 9.01. The van der Waals surface area contributed by atoms with E-state index in [0.29, 0.717) is 17.5 Å². The molecule has 1 saturated carbocycles. The molecule has 0 unspecified atom stereocenters. The topological polar surface area (TPSA) is 77.1 Å². The Hall–Kier alpha value is -3.49. The fraction of sp³-hybridized carbons (Fsp3) is 0.364. The van der Waals surface area contributed by atoms with E-state index < -0.39 is 46.8 Å². The van der Waals surface area contributed by atoms with Gasteiger partial charge in [0.2, 0.25) is 0 Å². The van der Waals surface area contributed by atoms with Gasteiger partial charge in [0.25, 0.3) is 5.91 Å². The summed E-state index contributed by atoms with van der Waals surface area (Å²) in [6, 6.07) is 4.14. The highest BCUT2D eigenvalue weighted by Crippen LogP contribution is 2.49. The monoisotopic (exact) mass is 568 g/mol. The second-order valence-electron chi connectivity index (χ2n) is 8.61. The first kappa shape index (κ1) is 27.5. The van der Waals surface area contributed by atoms with E-state index in [2.05, 4.69) is 20.5 Å². The Bertz CT molecular complexity index is 1420. The lowest BCUT2D eigenvalue weighted by atomic mass is 10.1. The minimum Gasteiger partial charge on any atom is -0.342 e. The number of carbonyl (C=O) groups is 1. The van der Waals surface area contributed by atoms with Gasteiger partial charge in [-0.15, -0.1) is 0 Å². The molecule has 1 N–H and O–H groups in total. The minimum absolute atomic E-state index is 0.0383. The van der Waals surface area contributed by atoms with Gasteiger partial charge in [0.15, 0.2) is 11.5 Å². The fourth-order valence-electron chi connectivity index (χ4n) is 3.82. The molecule has 1 amide bonds. The molecule has 0 saturated heterocycles. The number of amides is 1. The van der Waals surface area contributed by atoms with Crippen molar-refractivity contribution >= 4 is 23.7 Å². The zero-order valence-electron chi connectivity index (χ0n) is 19.4. The molecule has 0 aliphatic heterocycles. The molecular formula is C22H17ClF8N6O. The highest BCUT2D eigenvalue weighted by molar-refractivity contribution is 6.34. The number of rotatable bonds is 6. The van der Waals surface area contributed by atoms with E-state index in [4.69, 9.17) is 11.6 Å². The Balaban J connectivity index is 1.75. The van der Waals surface area contributed by atoms with E-state index in [1.165, 1.54) is 18.2 Å². The van der Waals surface area contributed by atoms with Gasteiger partial charge in [0.1, 0.15) is 5.56 Å². The summed E-state index contributed by atoms with van der Waals surface area (Å²) in [5.41, 5.74) is -4.97. The molecule has 204 valence electrons. The van der Waals surface area contributed by atoms with Crippen LogP contribution in [-0.4, -0.2) is 50.4 Å². The summed E-state index contributed by atoms with van der Waals surface area (Å²) >= 11 is 6.17. The van der Waals surface area contributed by atoms with E-state index in [0.717, 1.165) is 19.4 Å². The Morgan fingerprint density at radius 2 is 1.79 bits per heavy atom. The van der Waals surface area contributed by atoms with Crippen molar-refractivity contribution in [2.75, 3.05) is 7.05 Å². The third kappa shape index (κ3) is 4.86. The van der Waals surface area contributed by atoms with Crippen molar-refractivity contribution in [3.8, 4) is 16.9 Å². The summed E-state index contributed by atoms with van der Waals surface area (Å²) in [5, 5.41) is 9.47. The van der Waals surface area contributed by atoms with Crippen LogP contribution in [0.1, 0.15) is 34.5 Å². The average Bonchev–Trinajstić information content (AvgIpc) is 3.21. The Kier molecular flexibility index (Phi) is 6.57. The van der Waals surface area contributed by atoms with Crippen LogP contribution in [0.25, 0.3) is 16.9 Å². The number of carbonyl (C=O) groups excluding carboxylic acids is 1. The zero-order chi connectivity index (χ0) is 28.3. The zero-order valence-corrected chi connectivity index (χ0v) is 20.2. The van der Waals surface area contributed by atoms with Gasteiger partial charge in [-0.25, -0.2) is 9.36 Å². The Morgan fingerprint density at radius 1 is 1.13 bits per heavy atom. The number of nitrogens with one attached hydrogen (secondary N) is 1. The van der Waals surface area contributed by atoms with Crippen molar-refractivity contribution in [3.63, 3.8) is 0 Å². The van der Waals surface area contributed by atoms with Gasteiger partial charge in [0.05, 0.1) is 22.3 Å². The van der Waals surface area contributed by atoms with Crippen LogP contribution in [0.5, 0.6) is 0 Å². The molecule has 0 bridgehead atoms. The molecule has 7 nitrogen and oxygen atoms in total. The van der Waals surface area contributed by atoms with Crippen LogP contribution in [0.3, 0.4) is 0 Å². The highest BCUT2D eigenvalue weighted by Gasteiger charge is 2.64. The SMILES string of the molecule is CN=CC1(NC(=O)c2cc(-c3cnn(-c4c(C(F)(F)F)c(C(F)(F)C(F)(F)F)nn4C)c3)ccc2Cl)CC1. The molecule has 1 aliphatic carbocycles. The van der Waals surface area contributed by atoms with Crippen molar-refractivity contribution in [1.29, 1.82) is 0 Å². The van der Waals surface area contributed by atoms with Crippen LogP contribution in [0.15, 0.2) is 35.6 Å². The number of aromatic nitrogens is 4. The third-order valence-corrected chi connectivity index (χ3v) is 6.15. The molecule has 2 heterocycles. The first-order chi connectivity index (χ1) is 17.5. The standard InChI is InChI=1S/C22H17ClF8N6O/c1-32-10-19(5-6-19)34-17(38)13-7-11(3-4-14(13)23)12-8-33-37(9-12)18-15(21(26,27)28)16(35-36(18)2)20(24,25)22(29,30)31/h3-4,7-10H,5-6H2,1-2H3,(H,34,38). The van der Waals surface area contributed by atoms with Crippen molar-refractivity contribution < 1.29 is 39.9 Å². The summed E-state index contributed by atoms with van der Waals surface area (Å²) in [7, 11) is 2.33. The number of alkyl halides is 8. The number of hydrogen-bond acceptors (Lipinski definition) is 4. The lowest BCUT2D eigenvalue weighted by Crippen LogP contribution is -2.38. The van der Waals surface area contributed by atoms with Crippen molar-refractivity contribution in [1.82, 2.24) is 24.9 Å². The summed E-state index contributed by atoms with van der Waals surface area (Å²) in [6.45, 7) is 0. The molecule has 16 heteroatoms. The Labute approximate surface area is 214 Å². The summed E-state index contributed by atoms with van der Waals surface area (Å²) in [6.07, 6.45) is -7.01. The smallest absolute Gasteiger partial charge is 0.342 e. The van der Waals surface area contributed by atoms with Crippen LogP contribution >= 0.6 is 11.6 Å². The maximum atomic E-state index is 14.0. The van der Waals surface area contributed by atoms with Crippen LogP contribution in [0.4, 0.5) is 35.1 Å². The second kappa shape index (κ2) is 9.06. The number of aliphatic imine (C=N–C) groups is 1. The van der Waals surface area contributed by atoms with Crippen LogP contribution in [0.2, 0.25) is 5.02 Å². The molecular weight excluding hydrogens is 552 g/mol. The highest BCUT2D eigenvalue weighted by atomic mass is 35.5. The lowest BCUT2D eigenvalue weighted by molar-refractivity contribution is -0.292. The normalized spacial score (nSPS) is 15.8. The number of hydrogen-bond donors (Lipinski definition) is 1. The quantitative estimate of drug-likeness (QED) is 0.312. The van der Waals surface area contributed by atoms with E-state index >= 15 is 0 Å². The molecule has 1 aliphatic rings. The number of aryl methyl sites for hydroxylation is 1. The summed E-state index contributed by atoms with van der Waals surface area (Å²) in [4.78, 5) is 16.7. The predicted molar refractivity (Wildman–Crippen MR) is 120 cm³/mol. The van der Waals surface area contributed by atoms with E-state index in [-0.39, 0.29) is 26.4 Å². The van der Waals surface area contributed by atoms with Crippen molar-refractivity contribution in [2.45, 2.75) is 36.7 Å². The van der Waals surface area contributed by atoms with Gasteiger partial charge in [-0.1, -0.05) is 17.7 Å². The lowest BCUT2D eigenvalue weighted by Gasteiger charge is -2.19. The molecule has 0 radical (unpaired) electrons. The molecule has 3 aromatic rings. The molecule has 0 spiro atoms. The summed E-state index contributed by atoms with van der Waals surface area (Å²) in [5.74, 6) is -7.58. The third-order valence-electron chi connectivity index (χ3n) is 5.83. The molecule has 2 aromatic heterocycles. The van der Waals surface area contributed by atoms with E-state index in [9.17, 15) is 39.9 Å². The van der Waals surface area contributed by atoms with Gasteiger partial charge in [0, 0.05) is 32.1 Å². The van der Waals surface area contributed by atoms with Crippen molar-refractivity contribution in [2.24, 2.45) is 12.0 Å². The fourth-order valence-corrected chi connectivity index (χ4v) is 4.02. The maximum Gasteiger partial charge on any atom is 0.459 e. The van der Waals surface area contributed by atoms with Crippen LogP contribution in [0, 0.1) is 0 Å². The molecule has 0 atom stereocenters. The predicted octanol–water partition coefficient (Wildman–Crippen LogP) is 5.56. The number of nitrogens with zero attached hydrogens (tertiary/aromatic N) is 5. The van der Waals surface area contributed by atoms with Gasteiger partial charge in [-0.05, 0) is 30.5 Å². The Morgan fingerprint density at radius 3 is 2.34 bits per heavy atom. The first-order valence-electron chi connectivity index (χ1n) is 10.7. The van der Waals surface area contributed by atoms with E-state index in [1.54, 1.807) is 13.3 Å². The molecule has 4 rings (SSSR count). The summed E-state index contributed by atoms with van der Waals surface area (Å²) < 4.78 is 109. The maximum absolute atomic E-state index is 14.0. The van der Waals surface area contributed by atoms with Crippen LogP contribution < -0.4 is 5.32 Å². The van der Waals surface area contributed by atoms with Crippen molar-refractivity contribution in [3.05, 3.63) is 52.4 Å². The molecule has 38 heavy (non-hydrogen) atoms. The average molecular weight is 569 g/mol. The number of benzene rings is 1.